The molecular weight excluding hydrogens is 389 g/mol. The molecule has 142 valence electrons. The number of hydrogen-bond acceptors (Lipinski definition) is 6. The van der Waals surface area contributed by atoms with E-state index in [1.807, 2.05) is 6.92 Å². The van der Waals surface area contributed by atoms with Crippen LogP contribution in [-0.4, -0.2) is 41.2 Å². The van der Waals surface area contributed by atoms with Gasteiger partial charge in [-0.25, -0.2) is 9.37 Å². The first kappa shape index (κ1) is 18.6. The summed E-state index contributed by atoms with van der Waals surface area (Å²) in [5.74, 6) is 1.12. The minimum Gasteiger partial charge on any atom is -0.437 e. The highest BCUT2D eigenvalue weighted by Gasteiger charge is 2.19. The van der Waals surface area contributed by atoms with Crippen molar-refractivity contribution in [3.05, 3.63) is 45.3 Å². The lowest BCUT2D eigenvalue weighted by atomic mass is 10.2. The van der Waals surface area contributed by atoms with Crippen molar-refractivity contribution in [1.29, 1.82) is 0 Å². The van der Waals surface area contributed by atoms with Crippen LogP contribution in [0.5, 0.6) is 11.6 Å². The van der Waals surface area contributed by atoms with Crippen molar-refractivity contribution in [2.75, 3.05) is 26.3 Å². The summed E-state index contributed by atoms with van der Waals surface area (Å²) in [7, 11) is 0. The van der Waals surface area contributed by atoms with Gasteiger partial charge in [-0.3, -0.25) is 4.90 Å². The summed E-state index contributed by atoms with van der Waals surface area (Å²) in [6.45, 7) is 7.84. The molecule has 3 heterocycles. The normalized spacial score (nSPS) is 15.4. The summed E-state index contributed by atoms with van der Waals surface area (Å²) in [5.41, 5.74) is 1.08. The molecule has 0 aliphatic carbocycles. The highest BCUT2D eigenvalue weighted by molar-refractivity contribution is 7.18. The lowest BCUT2D eigenvalue weighted by molar-refractivity contribution is 0.0330. The Morgan fingerprint density at radius 2 is 2.04 bits per heavy atom. The first-order valence-electron chi connectivity index (χ1n) is 8.71. The summed E-state index contributed by atoms with van der Waals surface area (Å²) < 4.78 is 24.8. The molecule has 2 aromatic heterocycles. The van der Waals surface area contributed by atoms with Crippen molar-refractivity contribution in [3.63, 3.8) is 0 Å². The number of aromatic nitrogens is 2. The van der Waals surface area contributed by atoms with Gasteiger partial charge in [-0.2, -0.15) is 4.98 Å². The fraction of sp³-hybridized carbons (Fsp3) is 0.368. The van der Waals surface area contributed by atoms with Crippen LogP contribution in [-0.2, 0) is 11.3 Å². The Kier molecular flexibility index (Phi) is 5.27. The van der Waals surface area contributed by atoms with Crippen molar-refractivity contribution >= 4 is 33.2 Å². The second-order valence-electron chi connectivity index (χ2n) is 6.47. The Morgan fingerprint density at radius 1 is 1.26 bits per heavy atom. The Morgan fingerprint density at radius 3 is 2.78 bits per heavy atom. The zero-order valence-electron chi connectivity index (χ0n) is 15.1. The Hall–Kier alpha value is -1.80. The molecule has 1 aliphatic heterocycles. The molecule has 0 N–H and O–H groups in total. The monoisotopic (exact) mass is 407 g/mol. The average Bonchev–Trinajstić information content (AvgIpc) is 2.92. The van der Waals surface area contributed by atoms with E-state index in [-0.39, 0.29) is 5.02 Å². The minimum absolute atomic E-state index is 0.209. The molecule has 0 amide bonds. The van der Waals surface area contributed by atoms with E-state index in [0.29, 0.717) is 37.2 Å². The number of morpholine rings is 1. The van der Waals surface area contributed by atoms with Crippen LogP contribution >= 0.6 is 22.9 Å². The SMILES string of the molecule is Cc1sc2nc(CN3CCOCC3)nc(Oc3ccc(F)cc3Cl)c2c1C. The van der Waals surface area contributed by atoms with Gasteiger partial charge < -0.3 is 9.47 Å². The van der Waals surface area contributed by atoms with E-state index in [1.54, 1.807) is 11.3 Å². The van der Waals surface area contributed by atoms with Gasteiger partial charge in [-0.15, -0.1) is 11.3 Å². The summed E-state index contributed by atoms with van der Waals surface area (Å²) in [4.78, 5) is 13.7. The molecule has 8 heteroatoms. The van der Waals surface area contributed by atoms with Crippen molar-refractivity contribution in [2.45, 2.75) is 20.4 Å². The summed E-state index contributed by atoms with van der Waals surface area (Å²) >= 11 is 7.76. The number of hydrogen-bond donors (Lipinski definition) is 0. The van der Waals surface area contributed by atoms with Gasteiger partial charge in [0.25, 0.3) is 0 Å². The molecule has 1 aromatic carbocycles. The maximum Gasteiger partial charge on any atom is 0.231 e. The maximum atomic E-state index is 13.4. The number of halogens is 2. The van der Waals surface area contributed by atoms with Crippen LogP contribution in [0.1, 0.15) is 16.3 Å². The van der Waals surface area contributed by atoms with Gasteiger partial charge in [0.15, 0.2) is 0 Å². The molecule has 4 rings (SSSR count). The van der Waals surface area contributed by atoms with Gasteiger partial charge >= 0.3 is 0 Å². The predicted octanol–water partition coefficient (Wildman–Crippen LogP) is 4.73. The Bertz CT molecular complexity index is 989. The van der Waals surface area contributed by atoms with E-state index in [2.05, 4.69) is 16.8 Å². The lowest BCUT2D eigenvalue weighted by Gasteiger charge is -2.25. The van der Waals surface area contributed by atoms with E-state index in [9.17, 15) is 4.39 Å². The molecule has 1 saturated heterocycles. The molecule has 0 spiro atoms. The first-order valence-corrected chi connectivity index (χ1v) is 9.90. The van der Waals surface area contributed by atoms with Crippen molar-refractivity contribution in [3.8, 4) is 11.6 Å². The smallest absolute Gasteiger partial charge is 0.231 e. The summed E-state index contributed by atoms with van der Waals surface area (Å²) in [5, 5.41) is 1.09. The number of rotatable bonds is 4. The molecule has 1 aliphatic rings. The molecule has 5 nitrogen and oxygen atoms in total. The number of thiophene rings is 1. The molecule has 27 heavy (non-hydrogen) atoms. The van der Waals surface area contributed by atoms with Gasteiger partial charge in [0.1, 0.15) is 22.2 Å². The largest absolute Gasteiger partial charge is 0.437 e. The molecule has 0 atom stereocenters. The molecule has 0 saturated carbocycles. The van der Waals surface area contributed by atoms with Crippen LogP contribution in [0, 0.1) is 19.7 Å². The number of nitrogens with zero attached hydrogens (tertiary/aromatic N) is 3. The van der Waals surface area contributed by atoms with Gasteiger partial charge in [0, 0.05) is 18.0 Å². The van der Waals surface area contributed by atoms with E-state index >= 15 is 0 Å². The third kappa shape index (κ3) is 3.91. The molecule has 3 aromatic rings. The average molecular weight is 408 g/mol. The van der Waals surface area contributed by atoms with Crippen molar-refractivity contribution in [2.24, 2.45) is 0 Å². The number of fused-ring (bicyclic) bond motifs is 1. The third-order valence-corrected chi connectivity index (χ3v) is 6.01. The van der Waals surface area contributed by atoms with Crippen LogP contribution < -0.4 is 4.74 Å². The second-order valence-corrected chi connectivity index (χ2v) is 8.08. The summed E-state index contributed by atoms with van der Waals surface area (Å²) in [6, 6.07) is 4.07. The summed E-state index contributed by atoms with van der Waals surface area (Å²) in [6.07, 6.45) is 0. The highest BCUT2D eigenvalue weighted by Crippen LogP contribution is 2.38. The Labute approximate surface area is 165 Å². The fourth-order valence-corrected chi connectivity index (χ4v) is 4.27. The van der Waals surface area contributed by atoms with Gasteiger partial charge in [0.2, 0.25) is 5.88 Å². The number of benzene rings is 1. The maximum absolute atomic E-state index is 13.4. The molecule has 0 radical (unpaired) electrons. The van der Waals surface area contributed by atoms with Crippen LogP contribution in [0.15, 0.2) is 18.2 Å². The van der Waals surface area contributed by atoms with Gasteiger partial charge in [-0.05, 0) is 37.6 Å². The third-order valence-electron chi connectivity index (χ3n) is 4.61. The van der Waals surface area contributed by atoms with Gasteiger partial charge in [0.05, 0.1) is 30.2 Å². The van der Waals surface area contributed by atoms with Crippen molar-refractivity contribution in [1.82, 2.24) is 14.9 Å². The second kappa shape index (κ2) is 7.67. The van der Waals surface area contributed by atoms with Crippen LogP contribution in [0.2, 0.25) is 5.02 Å². The van der Waals surface area contributed by atoms with Crippen LogP contribution in [0.4, 0.5) is 4.39 Å². The fourth-order valence-electron chi connectivity index (χ4n) is 3.02. The van der Waals surface area contributed by atoms with E-state index < -0.39 is 5.82 Å². The van der Waals surface area contributed by atoms with E-state index in [0.717, 1.165) is 33.7 Å². The van der Waals surface area contributed by atoms with Crippen molar-refractivity contribution < 1.29 is 13.9 Å². The number of ether oxygens (including phenoxy) is 2. The topological polar surface area (TPSA) is 47.5 Å². The molecule has 1 fully saturated rings. The molecule has 0 bridgehead atoms. The van der Waals surface area contributed by atoms with Crippen LogP contribution in [0.3, 0.4) is 0 Å². The molecule has 0 unspecified atom stereocenters. The van der Waals surface area contributed by atoms with E-state index in [4.69, 9.17) is 26.1 Å². The Balaban J connectivity index is 1.74. The predicted molar refractivity (Wildman–Crippen MR) is 104 cm³/mol. The quantitative estimate of drug-likeness (QED) is 0.626. The number of aryl methyl sites for hydroxylation is 2. The zero-order chi connectivity index (χ0) is 19.0. The minimum atomic E-state index is -0.407. The first-order chi connectivity index (χ1) is 13.0. The van der Waals surface area contributed by atoms with Gasteiger partial charge in [-0.1, -0.05) is 11.6 Å². The van der Waals surface area contributed by atoms with Crippen LogP contribution in [0.25, 0.3) is 10.2 Å². The highest BCUT2D eigenvalue weighted by atomic mass is 35.5. The lowest BCUT2D eigenvalue weighted by Crippen LogP contribution is -2.36. The zero-order valence-corrected chi connectivity index (χ0v) is 16.7. The van der Waals surface area contributed by atoms with E-state index in [1.165, 1.54) is 18.2 Å². The molecular formula is C19H19ClFN3O2S. The standard InChI is InChI=1S/C19H19ClFN3O2S/c1-11-12(2)27-19-17(11)18(26-15-4-3-13(21)9-14(15)20)22-16(23-19)10-24-5-7-25-8-6-24/h3-4,9H,5-8,10H2,1-2H3.